The number of nitriles is 1. The Morgan fingerprint density at radius 3 is 2.32 bits per heavy atom. The van der Waals surface area contributed by atoms with Gasteiger partial charge in [-0.3, -0.25) is 9.59 Å². The van der Waals surface area contributed by atoms with Gasteiger partial charge < -0.3 is 24.8 Å². The number of methoxy groups -OCH3 is 1. The highest BCUT2D eigenvalue weighted by Gasteiger charge is 2.16. The van der Waals surface area contributed by atoms with E-state index in [1.54, 1.807) is 48.5 Å². The van der Waals surface area contributed by atoms with Crippen LogP contribution in [-0.4, -0.2) is 32.1 Å². The van der Waals surface area contributed by atoms with E-state index in [2.05, 4.69) is 10.6 Å². The number of carbonyl (C=O) groups is 2. The van der Waals surface area contributed by atoms with Gasteiger partial charge in [-0.15, -0.1) is 0 Å². The van der Waals surface area contributed by atoms with Gasteiger partial charge in [0.2, 0.25) is 0 Å². The monoisotopic (exact) mass is 553 g/mol. The molecule has 38 heavy (non-hydrogen) atoms. The fourth-order valence-corrected chi connectivity index (χ4v) is 3.74. The van der Waals surface area contributed by atoms with Gasteiger partial charge in [0.15, 0.2) is 18.1 Å². The lowest BCUT2D eigenvalue weighted by Gasteiger charge is -2.14. The van der Waals surface area contributed by atoms with Crippen molar-refractivity contribution in [2.24, 2.45) is 0 Å². The third kappa shape index (κ3) is 7.65. The summed E-state index contributed by atoms with van der Waals surface area (Å²) >= 11 is 12.5. The first-order valence-electron chi connectivity index (χ1n) is 11.5. The zero-order valence-corrected chi connectivity index (χ0v) is 22.4. The second-order valence-electron chi connectivity index (χ2n) is 7.92. The lowest BCUT2D eigenvalue weighted by molar-refractivity contribution is -0.118. The average molecular weight is 554 g/mol. The number of nitrogens with one attached hydrogen (secondary N) is 2. The van der Waals surface area contributed by atoms with Crippen LogP contribution < -0.4 is 24.8 Å². The zero-order valence-electron chi connectivity index (χ0n) is 20.9. The quantitative estimate of drug-likeness (QED) is 0.226. The van der Waals surface area contributed by atoms with Crippen molar-refractivity contribution in [1.82, 2.24) is 0 Å². The van der Waals surface area contributed by atoms with Crippen molar-refractivity contribution < 1.29 is 23.8 Å². The lowest BCUT2D eigenvalue weighted by Crippen LogP contribution is -2.20. The van der Waals surface area contributed by atoms with Crippen LogP contribution >= 0.6 is 23.2 Å². The summed E-state index contributed by atoms with van der Waals surface area (Å²) in [5, 5.41) is 15.6. The van der Waals surface area contributed by atoms with Gasteiger partial charge in [-0.25, -0.2) is 0 Å². The number of nitrogens with zero attached hydrogens (tertiary/aromatic N) is 1. The standard InChI is InChI=1S/C28H25Cl2N3O5/c1-4-37-22-9-7-20(8-10-22)33-28(35)19(15-31)11-18-12-24(30)27(25(13-18)36-3)38-16-26(34)32-21-6-5-17(2)23(29)14-21/h5-14H,4,16H2,1-3H3,(H,32,34)(H,33,35)/b19-11+. The molecule has 3 rings (SSSR count). The molecule has 0 saturated carbocycles. The maximum Gasteiger partial charge on any atom is 0.266 e. The summed E-state index contributed by atoms with van der Waals surface area (Å²) in [6.07, 6.45) is 1.37. The van der Waals surface area contributed by atoms with E-state index in [1.165, 1.54) is 19.3 Å². The van der Waals surface area contributed by atoms with Crippen molar-refractivity contribution in [3.63, 3.8) is 0 Å². The summed E-state index contributed by atoms with van der Waals surface area (Å²) in [4.78, 5) is 25.0. The first kappa shape index (κ1) is 28.4. The SMILES string of the molecule is CCOc1ccc(NC(=O)/C(C#N)=C/c2cc(Cl)c(OCC(=O)Nc3ccc(C)c(Cl)c3)c(OC)c2)cc1. The Morgan fingerprint density at radius 1 is 0.974 bits per heavy atom. The van der Waals surface area contributed by atoms with E-state index >= 15 is 0 Å². The molecular weight excluding hydrogens is 529 g/mol. The van der Waals surface area contributed by atoms with E-state index < -0.39 is 11.8 Å². The number of benzene rings is 3. The van der Waals surface area contributed by atoms with Gasteiger partial charge in [-0.1, -0.05) is 29.3 Å². The van der Waals surface area contributed by atoms with Crippen molar-refractivity contribution in [3.05, 3.63) is 81.3 Å². The third-order valence-corrected chi connectivity index (χ3v) is 5.84. The molecule has 0 atom stereocenters. The van der Waals surface area contributed by atoms with Gasteiger partial charge in [0, 0.05) is 16.4 Å². The van der Waals surface area contributed by atoms with Crippen LogP contribution in [0, 0.1) is 18.3 Å². The Bertz CT molecular complexity index is 1400. The highest BCUT2D eigenvalue weighted by Crippen LogP contribution is 2.37. The molecule has 196 valence electrons. The Morgan fingerprint density at radius 2 is 1.68 bits per heavy atom. The summed E-state index contributed by atoms with van der Waals surface area (Å²) in [6.45, 7) is 3.92. The minimum absolute atomic E-state index is 0.131. The van der Waals surface area contributed by atoms with Crippen molar-refractivity contribution in [3.8, 4) is 23.3 Å². The Kier molecular flexibility index (Phi) is 9.99. The molecule has 0 aliphatic rings. The van der Waals surface area contributed by atoms with Crippen LogP contribution in [0.1, 0.15) is 18.1 Å². The highest BCUT2D eigenvalue weighted by atomic mass is 35.5. The molecule has 2 N–H and O–H groups in total. The molecule has 0 bridgehead atoms. The van der Waals surface area contributed by atoms with E-state index in [-0.39, 0.29) is 28.7 Å². The summed E-state index contributed by atoms with van der Waals surface area (Å²) < 4.78 is 16.4. The first-order valence-corrected chi connectivity index (χ1v) is 12.2. The smallest absolute Gasteiger partial charge is 0.266 e. The van der Waals surface area contributed by atoms with E-state index in [0.29, 0.717) is 34.3 Å². The van der Waals surface area contributed by atoms with Gasteiger partial charge in [0.25, 0.3) is 11.8 Å². The molecule has 0 unspecified atom stereocenters. The molecule has 0 aliphatic carbocycles. The van der Waals surface area contributed by atoms with Crippen LogP contribution in [0.5, 0.6) is 17.2 Å². The number of ether oxygens (including phenoxy) is 3. The molecule has 0 saturated heterocycles. The molecule has 0 fully saturated rings. The lowest BCUT2D eigenvalue weighted by atomic mass is 10.1. The summed E-state index contributed by atoms with van der Waals surface area (Å²) in [5.74, 6) is 0.00668. The number of halogens is 2. The third-order valence-electron chi connectivity index (χ3n) is 5.15. The molecule has 0 heterocycles. The van der Waals surface area contributed by atoms with E-state index in [1.807, 2.05) is 19.9 Å². The van der Waals surface area contributed by atoms with Crippen molar-refractivity contribution in [2.75, 3.05) is 31.0 Å². The van der Waals surface area contributed by atoms with Gasteiger partial charge in [-0.2, -0.15) is 5.26 Å². The van der Waals surface area contributed by atoms with Crippen LogP contribution in [-0.2, 0) is 9.59 Å². The van der Waals surface area contributed by atoms with Crippen LogP contribution in [0.4, 0.5) is 11.4 Å². The number of anilines is 2. The van der Waals surface area contributed by atoms with Crippen molar-refractivity contribution in [1.29, 1.82) is 5.26 Å². The largest absolute Gasteiger partial charge is 0.494 e. The zero-order chi connectivity index (χ0) is 27.7. The van der Waals surface area contributed by atoms with Crippen molar-refractivity contribution >= 4 is 52.5 Å². The van der Waals surface area contributed by atoms with E-state index in [9.17, 15) is 14.9 Å². The Labute approximate surface area is 230 Å². The second kappa shape index (κ2) is 13.4. The Hall–Kier alpha value is -4.19. The van der Waals surface area contributed by atoms with Gasteiger partial charge in [0.1, 0.15) is 17.4 Å². The molecule has 0 aliphatic heterocycles. The summed E-state index contributed by atoms with van der Waals surface area (Å²) in [6, 6.07) is 16.9. The number of aryl methyl sites for hydroxylation is 1. The van der Waals surface area contributed by atoms with Crippen LogP contribution in [0.3, 0.4) is 0 Å². The first-order chi connectivity index (χ1) is 18.2. The second-order valence-corrected chi connectivity index (χ2v) is 8.73. The van der Waals surface area contributed by atoms with Crippen LogP contribution in [0.15, 0.2) is 60.2 Å². The number of hydrogen-bond donors (Lipinski definition) is 2. The maximum absolute atomic E-state index is 12.7. The van der Waals surface area contributed by atoms with Crippen LogP contribution in [0.25, 0.3) is 6.08 Å². The predicted molar refractivity (Wildman–Crippen MR) is 148 cm³/mol. The van der Waals surface area contributed by atoms with Crippen LogP contribution in [0.2, 0.25) is 10.0 Å². The van der Waals surface area contributed by atoms with Gasteiger partial charge in [-0.05, 0) is 79.6 Å². The van der Waals surface area contributed by atoms with Gasteiger partial charge >= 0.3 is 0 Å². The molecule has 0 radical (unpaired) electrons. The average Bonchev–Trinajstić information content (AvgIpc) is 2.89. The number of amides is 2. The minimum atomic E-state index is -0.597. The van der Waals surface area contributed by atoms with E-state index in [0.717, 1.165) is 5.56 Å². The molecule has 2 amide bonds. The number of carbonyl (C=O) groups excluding carboxylic acids is 2. The van der Waals surface area contributed by atoms with E-state index in [4.69, 9.17) is 37.4 Å². The highest BCUT2D eigenvalue weighted by molar-refractivity contribution is 6.32. The number of hydrogen-bond acceptors (Lipinski definition) is 6. The molecular formula is C28H25Cl2N3O5. The normalized spacial score (nSPS) is 10.8. The molecule has 3 aromatic rings. The van der Waals surface area contributed by atoms with Gasteiger partial charge in [0.05, 0.1) is 18.7 Å². The predicted octanol–water partition coefficient (Wildman–Crippen LogP) is 6.27. The topological polar surface area (TPSA) is 110 Å². The molecule has 10 heteroatoms. The fraction of sp³-hybridized carbons (Fsp3) is 0.179. The minimum Gasteiger partial charge on any atom is -0.494 e. The summed E-state index contributed by atoms with van der Waals surface area (Å²) in [7, 11) is 1.41. The molecule has 0 aromatic heterocycles. The molecule has 3 aromatic carbocycles. The Balaban J connectivity index is 1.71. The molecule has 8 nitrogen and oxygen atoms in total. The molecule has 0 spiro atoms. The maximum atomic E-state index is 12.7. The number of rotatable bonds is 10. The summed E-state index contributed by atoms with van der Waals surface area (Å²) in [5.41, 5.74) is 2.20. The van der Waals surface area contributed by atoms with Crippen molar-refractivity contribution in [2.45, 2.75) is 13.8 Å². The fourth-order valence-electron chi connectivity index (χ4n) is 3.28.